The molecule has 3 nitrogen and oxygen atoms in total. The van der Waals surface area contributed by atoms with Gasteiger partial charge in [-0.2, -0.15) is 0 Å². The maximum absolute atomic E-state index is 10.7. The molecule has 4 aliphatic heterocycles. The van der Waals surface area contributed by atoms with Crippen LogP contribution in [0.25, 0.3) is 0 Å². The number of benzene rings is 1. The van der Waals surface area contributed by atoms with Gasteiger partial charge in [-0.05, 0) is 26.0 Å². The van der Waals surface area contributed by atoms with Gasteiger partial charge in [-0.3, -0.25) is 9.80 Å². The zero-order chi connectivity index (χ0) is 14.1. The van der Waals surface area contributed by atoms with Crippen LogP contribution in [0.4, 0.5) is 0 Å². The number of quaternary nitrogens is 2. The minimum Gasteiger partial charge on any atom is -0.391 e. The summed E-state index contributed by atoms with van der Waals surface area (Å²) >= 11 is 6.44. The molecular formula is C16H23ClN2O+2. The summed E-state index contributed by atoms with van der Waals surface area (Å²) in [5.74, 6) is 0. The van der Waals surface area contributed by atoms with E-state index in [2.05, 4.69) is 26.0 Å². The SMILES string of the molecule is CC12C[NH+]3CC(C)(C[NH+](C1)C3c1ccccc1Cl)C2O. The fourth-order valence-corrected chi connectivity index (χ4v) is 5.64. The van der Waals surface area contributed by atoms with E-state index < -0.39 is 0 Å². The van der Waals surface area contributed by atoms with Crippen molar-refractivity contribution < 1.29 is 14.9 Å². The zero-order valence-corrected chi connectivity index (χ0v) is 12.9. The van der Waals surface area contributed by atoms with Gasteiger partial charge in [0.25, 0.3) is 0 Å². The number of hydrogen-bond acceptors (Lipinski definition) is 1. The average Bonchev–Trinajstić information content (AvgIpc) is 2.36. The van der Waals surface area contributed by atoms with Crippen molar-refractivity contribution in [1.82, 2.24) is 0 Å². The summed E-state index contributed by atoms with van der Waals surface area (Å²) < 4.78 is 0. The minimum atomic E-state index is -0.158. The van der Waals surface area contributed by atoms with Crippen molar-refractivity contribution in [3.05, 3.63) is 34.9 Å². The van der Waals surface area contributed by atoms with E-state index in [9.17, 15) is 5.11 Å². The molecule has 4 heteroatoms. The third kappa shape index (κ3) is 1.58. The van der Waals surface area contributed by atoms with Crippen LogP contribution in [-0.2, 0) is 0 Å². The van der Waals surface area contributed by atoms with Crippen molar-refractivity contribution in [2.75, 3.05) is 26.2 Å². The molecule has 4 bridgehead atoms. The lowest BCUT2D eigenvalue weighted by molar-refractivity contribution is -1.19. The van der Waals surface area contributed by atoms with Gasteiger partial charge in [0.2, 0.25) is 6.17 Å². The van der Waals surface area contributed by atoms with Crippen molar-refractivity contribution in [3.63, 3.8) is 0 Å². The Morgan fingerprint density at radius 1 is 1.05 bits per heavy atom. The first kappa shape index (κ1) is 13.1. The van der Waals surface area contributed by atoms with Crippen molar-refractivity contribution in [2.45, 2.75) is 26.1 Å². The molecule has 4 saturated heterocycles. The third-order valence-corrected chi connectivity index (χ3v) is 6.22. The standard InChI is InChI=1S/C16H21ClN2O/c1-15-7-18-9-16(2,14(15)20)10-19(8-15)13(18)11-5-3-4-6-12(11)17/h3-6,13-14,20H,7-10H2,1-2H3/p+2. The average molecular weight is 295 g/mol. The Labute approximate surface area is 125 Å². The Hall–Kier alpha value is -0.610. The van der Waals surface area contributed by atoms with Crippen LogP contribution < -0.4 is 9.80 Å². The molecule has 0 unspecified atom stereocenters. The number of aliphatic hydroxyl groups is 1. The Bertz CT molecular complexity index is 523. The van der Waals surface area contributed by atoms with Gasteiger partial charge in [0, 0.05) is 0 Å². The van der Waals surface area contributed by atoms with E-state index in [1.807, 2.05) is 12.1 Å². The molecule has 20 heavy (non-hydrogen) atoms. The molecule has 4 fully saturated rings. The van der Waals surface area contributed by atoms with E-state index >= 15 is 0 Å². The summed E-state index contributed by atoms with van der Waals surface area (Å²) in [6.45, 7) is 8.76. The molecule has 1 aromatic carbocycles. The summed E-state index contributed by atoms with van der Waals surface area (Å²) in [6, 6.07) is 8.27. The van der Waals surface area contributed by atoms with Gasteiger partial charge in [0.1, 0.15) is 0 Å². The highest BCUT2D eigenvalue weighted by Crippen LogP contribution is 2.40. The minimum absolute atomic E-state index is 0.0632. The molecular weight excluding hydrogens is 272 g/mol. The maximum atomic E-state index is 10.7. The van der Waals surface area contributed by atoms with Crippen molar-refractivity contribution in [1.29, 1.82) is 0 Å². The molecule has 0 amide bonds. The molecule has 108 valence electrons. The predicted octanol–water partition coefficient (Wildman–Crippen LogP) is -0.477. The number of piperidine rings is 2. The second-order valence-electron chi connectivity index (χ2n) is 7.69. The van der Waals surface area contributed by atoms with Gasteiger partial charge >= 0.3 is 0 Å². The van der Waals surface area contributed by atoms with Crippen LogP contribution >= 0.6 is 11.6 Å². The van der Waals surface area contributed by atoms with Crippen LogP contribution in [0.2, 0.25) is 5.02 Å². The number of hydrogen-bond donors (Lipinski definition) is 3. The predicted molar refractivity (Wildman–Crippen MR) is 77.8 cm³/mol. The summed E-state index contributed by atoms with van der Waals surface area (Å²) in [7, 11) is 0. The first-order valence-electron chi connectivity index (χ1n) is 7.55. The van der Waals surface area contributed by atoms with Crippen LogP contribution in [0.3, 0.4) is 0 Å². The Balaban J connectivity index is 1.76. The normalized spacial score (nSPS) is 49.6. The molecule has 5 rings (SSSR count). The summed E-state index contributed by atoms with van der Waals surface area (Å²) in [5.41, 5.74) is 1.40. The highest BCUT2D eigenvalue weighted by molar-refractivity contribution is 6.31. The molecule has 0 saturated carbocycles. The summed E-state index contributed by atoms with van der Waals surface area (Å²) in [6.07, 6.45) is 0.284. The van der Waals surface area contributed by atoms with Gasteiger partial charge in [0.15, 0.2) is 0 Å². The first-order valence-corrected chi connectivity index (χ1v) is 7.92. The fourth-order valence-electron chi connectivity index (χ4n) is 5.40. The Morgan fingerprint density at radius 3 is 2.05 bits per heavy atom. The van der Waals surface area contributed by atoms with Gasteiger partial charge < -0.3 is 5.11 Å². The molecule has 0 atom stereocenters. The molecule has 0 radical (unpaired) electrons. The second kappa shape index (κ2) is 3.98. The van der Waals surface area contributed by atoms with Crippen molar-refractivity contribution in [3.8, 4) is 0 Å². The molecule has 4 heterocycles. The lowest BCUT2D eigenvalue weighted by Gasteiger charge is -2.62. The van der Waals surface area contributed by atoms with Crippen LogP contribution in [0.15, 0.2) is 24.3 Å². The lowest BCUT2D eigenvalue weighted by atomic mass is 9.60. The first-order chi connectivity index (χ1) is 9.43. The fraction of sp³-hybridized carbons (Fsp3) is 0.625. The molecule has 3 N–H and O–H groups in total. The Kier molecular flexibility index (Phi) is 2.60. The van der Waals surface area contributed by atoms with E-state index in [1.54, 1.807) is 9.80 Å². The van der Waals surface area contributed by atoms with Gasteiger partial charge in [-0.25, -0.2) is 0 Å². The molecule has 1 aromatic rings. The van der Waals surface area contributed by atoms with Crippen LogP contribution in [0.5, 0.6) is 0 Å². The zero-order valence-electron chi connectivity index (χ0n) is 12.1. The highest BCUT2D eigenvalue weighted by Gasteiger charge is 2.68. The van der Waals surface area contributed by atoms with E-state index in [0.29, 0.717) is 6.17 Å². The van der Waals surface area contributed by atoms with Crippen molar-refractivity contribution >= 4 is 11.6 Å². The van der Waals surface area contributed by atoms with E-state index in [-0.39, 0.29) is 16.9 Å². The molecule has 0 aliphatic carbocycles. The second-order valence-corrected chi connectivity index (χ2v) is 8.10. The molecule has 0 aromatic heterocycles. The van der Waals surface area contributed by atoms with E-state index in [0.717, 1.165) is 31.2 Å². The highest BCUT2D eigenvalue weighted by atomic mass is 35.5. The quantitative estimate of drug-likeness (QED) is 0.642. The van der Waals surface area contributed by atoms with E-state index in [1.165, 1.54) is 5.56 Å². The largest absolute Gasteiger partial charge is 0.391 e. The van der Waals surface area contributed by atoms with Gasteiger partial charge in [-0.15, -0.1) is 0 Å². The smallest absolute Gasteiger partial charge is 0.241 e. The molecule has 4 aliphatic rings. The van der Waals surface area contributed by atoms with E-state index in [4.69, 9.17) is 11.6 Å². The number of halogens is 1. The number of rotatable bonds is 1. The Morgan fingerprint density at radius 2 is 1.55 bits per heavy atom. The van der Waals surface area contributed by atoms with Gasteiger partial charge in [0.05, 0.1) is 53.7 Å². The van der Waals surface area contributed by atoms with Crippen LogP contribution in [0.1, 0.15) is 25.6 Å². The number of nitrogens with one attached hydrogen (secondary N) is 2. The topological polar surface area (TPSA) is 29.1 Å². The number of aliphatic hydroxyl groups excluding tert-OH is 1. The van der Waals surface area contributed by atoms with Crippen LogP contribution in [0, 0.1) is 10.8 Å². The van der Waals surface area contributed by atoms with Crippen molar-refractivity contribution in [2.24, 2.45) is 10.8 Å². The van der Waals surface area contributed by atoms with Crippen LogP contribution in [-0.4, -0.2) is 37.4 Å². The maximum Gasteiger partial charge on any atom is 0.241 e. The summed E-state index contributed by atoms with van der Waals surface area (Å²) in [4.78, 5) is 3.20. The molecule has 0 spiro atoms. The van der Waals surface area contributed by atoms with Gasteiger partial charge in [-0.1, -0.05) is 23.7 Å². The lowest BCUT2D eigenvalue weighted by Crippen LogP contribution is -3.41. The third-order valence-electron chi connectivity index (χ3n) is 5.88. The summed E-state index contributed by atoms with van der Waals surface area (Å²) in [5, 5.41) is 11.6. The monoisotopic (exact) mass is 294 g/mol.